The molecule has 1 aromatic carbocycles. The van der Waals surface area contributed by atoms with Crippen molar-refractivity contribution in [3.05, 3.63) is 48.2 Å². The smallest absolute Gasteiger partial charge is 0.314 e. The quantitative estimate of drug-likeness (QED) is 0.400. The third-order valence-corrected chi connectivity index (χ3v) is 6.74. The molecule has 5 rings (SSSR count). The van der Waals surface area contributed by atoms with E-state index in [0.717, 1.165) is 48.4 Å². The van der Waals surface area contributed by atoms with Crippen LogP contribution in [0.2, 0.25) is 0 Å². The molecule has 31 heavy (non-hydrogen) atoms. The zero-order valence-corrected chi connectivity index (χ0v) is 18.3. The first-order valence-electron chi connectivity index (χ1n) is 11.7. The van der Waals surface area contributed by atoms with Gasteiger partial charge in [0, 0.05) is 17.8 Å². The Labute approximate surface area is 183 Å². The van der Waals surface area contributed by atoms with Gasteiger partial charge in [-0.15, -0.1) is 0 Å². The maximum atomic E-state index is 12.5. The van der Waals surface area contributed by atoms with Crippen molar-refractivity contribution in [1.29, 1.82) is 0 Å². The van der Waals surface area contributed by atoms with Gasteiger partial charge in [-0.2, -0.15) is 0 Å². The van der Waals surface area contributed by atoms with Crippen molar-refractivity contribution < 1.29 is 9.53 Å². The summed E-state index contributed by atoms with van der Waals surface area (Å²) in [7, 11) is 0. The molecule has 5 nitrogen and oxygen atoms in total. The second-order valence-corrected chi connectivity index (χ2v) is 9.15. The fourth-order valence-corrected chi connectivity index (χ4v) is 4.99. The first kappa shape index (κ1) is 20.1. The molecule has 2 saturated carbocycles. The Morgan fingerprint density at radius 1 is 1.03 bits per heavy atom. The van der Waals surface area contributed by atoms with E-state index in [2.05, 4.69) is 35.0 Å². The molecule has 0 aliphatic heterocycles. The number of carbonyl (C=O) groups excluding carboxylic acids is 1. The average molecular weight is 418 g/mol. The van der Waals surface area contributed by atoms with E-state index in [1.54, 1.807) is 0 Å². The van der Waals surface area contributed by atoms with E-state index in [1.165, 1.54) is 37.7 Å². The number of esters is 1. The van der Waals surface area contributed by atoms with Gasteiger partial charge in [0.2, 0.25) is 0 Å². The lowest BCUT2D eigenvalue weighted by Crippen LogP contribution is -2.23. The number of ether oxygens (including phenoxy) is 1. The number of carbonyl (C=O) groups is 1. The number of aryl methyl sites for hydroxylation is 1. The number of rotatable bonds is 5. The van der Waals surface area contributed by atoms with Crippen molar-refractivity contribution in [2.45, 2.75) is 70.8 Å². The van der Waals surface area contributed by atoms with Gasteiger partial charge >= 0.3 is 5.97 Å². The highest BCUT2D eigenvalue weighted by atomic mass is 16.5. The van der Waals surface area contributed by atoms with Gasteiger partial charge in [0.25, 0.3) is 0 Å². The van der Waals surface area contributed by atoms with Crippen LogP contribution in [0.15, 0.2) is 42.6 Å². The summed E-state index contributed by atoms with van der Waals surface area (Å²) in [5.41, 5.74) is 4.00. The molecule has 0 radical (unpaired) electrons. The van der Waals surface area contributed by atoms with E-state index in [-0.39, 0.29) is 11.9 Å². The topological polar surface area (TPSA) is 55.6 Å². The normalized spacial score (nSPS) is 17.8. The highest BCUT2D eigenvalue weighted by molar-refractivity contribution is 5.79. The molecular weight excluding hydrogens is 386 g/mol. The van der Waals surface area contributed by atoms with Crippen LogP contribution >= 0.6 is 0 Å². The van der Waals surface area contributed by atoms with E-state index in [0.29, 0.717) is 11.8 Å². The van der Waals surface area contributed by atoms with Crippen LogP contribution in [-0.2, 0) is 4.79 Å². The molecule has 2 aromatic heterocycles. The molecule has 2 heterocycles. The van der Waals surface area contributed by atoms with Crippen molar-refractivity contribution in [2.24, 2.45) is 5.92 Å². The lowest BCUT2D eigenvalue weighted by molar-refractivity contribution is -0.138. The maximum Gasteiger partial charge on any atom is 0.314 e. The minimum atomic E-state index is -0.0965. The third-order valence-electron chi connectivity index (χ3n) is 6.74. The molecule has 0 bridgehead atoms. The largest absolute Gasteiger partial charge is 0.426 e. The number of nitrogens with zero attached hydrogens (tertiary/aromatic N) is 2. The summed E-state index contributed by atoms with van der Waals surface area (Å²) in [6.07, 6.45) is 12.5. The summed E-state index contributed by atoms with van der Waals surface area (Å²) in [4.78, 5) is 17.5. The monoisotopic (exact) mass is 417 g/mol. The Kier molecular flexibility index (Phi) is 5.66. The molecule has 3 aromatic rings. The van der Waals surface area contributed by atoms with E-state index < -0.39 is 0 Å². The minimum Gasteiger partial charge on any atom is -0.426 e. The second-order valence-electron chi connectivity index (χ2n) is 9.15. The van der Waals surface area contributed by atoms with Crippen molar-refractivity contribution in [3.8, 4) is 17.0 Å². The lowest BCUT2D eigenvalue weighted by atomic mass is 9.95. The molecular formula is C26H31N3O2. The average Bonchev–Trinajstić information content (AvgIpc) is 3.43. The summed E-state index contributed by atoms with van der Waals surface area (Å²) in [6, 6.07) is 12.5. The van der Waals surface area contributed by atoms with Crippen molar-refractivity contribution in [2.75, 3.05) is 5.32 Å². The lowest BCUT2D eigenvalue weighted by Gasteiger charge is -2.24. The van der Waals surface area contributed by atoms with Gasteiger partial charge in [-0.3, -0.25) is 9.20 Å². The van der Waals surface area contributed by atoms with Crippen LogP contribution in [0.3, 0.4) is 0 Å². The van der Waals surface area contributed by atoms with Crippen LogP contribution in [0.4, 0.5) is 5.82 Å². The van der Waals surface area contributed by atoms with Gasteiger partial charge in [-0.05, 0) is 62.4 Å². The van der Waals surface area contributed by atoms with Crippen LogP contribution < -0.4 is 10.1 Å². The Hall–Kier alpha value is -2.82. The maximum absolute atomic E-state index is 12.5. The zero-order chi connectivity index (χ0) is 21.2. The van der Waals surface area contributed by atoms with Crippen LogP contribution in [-0.4, -0.2) is 21.4 Å². The predicted molar refractivity (Wildman–Crippen MR) is 123 cm³/mol. The number of hydrogen-bond acceptors (Lipinski definition) is 4. The Balaban J connectivity index is 1.48. The first-order valence-corrected chi connectivity index (χ1v) is 11.7. The molecule has 0 saturated heterocycles. The zero-order valence-electron chi connectivity index (χ0n) is 18.3. The van der Waals surface area contributed by atoms with Crippen LogP contribution in [0.25, 0.3) is 16.9 Å². The number of anilines is 1. The molecule has 0 spiro atoms. The summed E-state index contributed by atoms with van der Waals surface area (Å²) >= 11 is 0. The fraction of sp³-hybridized carbons (Fsp3) is 0.462. The van der Waals surface area contributed by atoms with E-state index >= 15 is 0 Å². The van der Waals surface area contributed by atoms with Crippen molar-refractivity contribution in [3.63, 3.8) is 0 Å². The Morgan fingerprint density at radius 2 is 1.81 bits per heavy atom. The molecule has 2 aliphatic rings. The summed E-state index contributed by atoms with van der Waals surface area (Å²) in [5.74, 6) is 1.58. The molecule has 2 fully saturated rings. The van der Waals surface area contributed by atoms with Crippen LogP contribution in [0.5, 0.6) is 5.75 Å². The predicted octanol–water partition coefficient (Wildman–Crippen LogP) is 6.15. The molecule has 2 aliphatic carbocycles. The number of aromatic nitrogens is 2. The summed E-state index contributed by atoms with van der Waals surface area (Å²) in [5, 5.41) is 3.79. The van der Waals surface area contributed by atoms with Crippen LogP contribution in [0, 0.1) is 12.8 Å². The van der Waals surface area contributed by atoms with Gasteiger partial charge in [-0.1, -0.05) is 44.2 Å². The van der Waals surface area contributed by atoms with Crippen LogP contribution in [0.1, 0.15) is 63.4 Å². The molecule has 5 heteroatoms. The summed E-state index contributed by atoms with van der Waals surface area (Å²) < 4.78 is 7.90. The molecule has 0 amide bonds. The minimum absolute atomic E-state index is 0.0466. The van der Waals surface area contributed by atoms with Crippen molar-refractivity contribution in [1.82, 2.24) is 9.38 Å². The summed E-state index contributed by atoms with van der Waals surface area (Å²) in [6.45, 7) is 2.09. The first-order chi connectivity index (χ1) is 15.2. The highest BCUT2D eigenvalue weighted by Crippen LogP contribution is 2.34. The van der Waals surface area contributed by atoms with E-state index in [4.69, 9.17) is 9.72 Å². The number of nitrogens with one attached hydrogen (secondary N) is 1. The SMILES string of the molecule is Cc1ccn2c(NC3CCCCC3)c(-c3cccc(OC(=O)C4CCCC4)c3)nc2c1. The number of fused-ring (bicyclic) bond motifs is 1. The Morgan fingerprint density at radius 3 is 2.61 bits per heavy atom. The number of hydrogen-bond donors (Lipinski definition) is 1. The highest BCUT2D eigenvalue weighted by Gasteiger charge is 2.25. The van der Waals surface area contributed by atoms with Gasteiger partial charge in [0.05, 0.1) is 5.92 Å². The third kappa shape index (κ3) is 4.32. The number of pyridine rings is 1. The molecule has 0 unspecified atom stereocenters. The second kappa shape index (κ2) is 8.74. The van der Waals surface area contributed by atoms with Gasteiger partial charge in [-0.25, -0.2) is 4.98 Å². The molecule has 162 valence electrons. The van der Waals surface area contributed by atoms with E-state index in [9.17, 15) is 4.79 Å². The van der Waals surface area contributed by atoms with Gasteiger partial charge < -0.3 is 10.1 Å². The fourth-order valence-electron chi connectivity index (χ4n) is 4.99. The Bertz CT molecular complexity index is 1080. The molecule has 1 N–H and O–H groups in total. The van der Waals surface area contributed by atoms with Gasteiger partial charge in [0.1, 0.15) is 22.9 Å². The molecule has 0 atom stereocenters. The standard InChI is InChI=1S/C26H31N3O2/c1-18-14-15-29-23(16-18)28-24(25(29)27-21-11-3-2-4-12-21)20-10-7-13-22(17-20)31-26(30)19-8-5-6-9-19/h7,10,13-17,19,21,27H,2-6,8-9,11-12H2,1H3. The number of benzene rings is 1. The number of imidazole rings is 1. The van der Waals surface area contributed by atoms with E-state index in [1.807, 2.05) is 24.3 Å². The van der Waals surface area contributed by atoms with Crippen molar-refractivity contribution >= 4 is 17.4 Å². The van der Waals surface area contributed by atoms with Gasteiger partial charge in [0.15, 0.2) is 0 Å².